The lowest BCUT2D eigenvalue weighted by Gasteiger charge is -2.01. The predicted molar refractivity (Wildman–Crippen MR) is 36.5 cm³/mol. The zero-order valence-electron chi connectivity index (χ0n) is 7.85. The first-order valence-electron chi connectivity index (χ1n) is 3.38. The van der Waals surface area contributed by atoms with Crippen LogP contribution in [0.25, 0.3) is 0 Å². The van der Waals surface area contributed by atoms with Gasteiger partial charge in [0.25, 0.3) is 0 Å². The molecule has 1 N–H and O–H groups in total. The summed E-state index contributed by atoms with van der Waals surface area (Å²) in [6, 6.07) is 0. The minimum Gasteiger partial charge on any atom is -0.475 e. The van der Waals surface area contributed by atoms with Crippen LogP contribution in [-0.2, 0) is 19.1 Å². The molecule has 0 atom stereocenters. The standard InChI is InChI=1S/C4H3F3O3.C2HF3O2/c1-2(8)10-3(9)4(5,6)7;3-2(4,5)1(6)7/h1H3;(H,6,7). The molecule has 0 saturated carbocycles. The number of rotatable bonds is 0. The minimum atomic E-state index is -5.09. The number of carboxylic acid groups (broad SMARTS) is 1. The Morgan fingerprint density at radius 2 is 1.24 bits per heavy atom. The van der Waals surface area contributed by atoms with E-state index in [1.807, 2.05) is 0 Å². The Balaban J connectivity index is 0. The fourth-order valence-corrected chi connectivity index (χ4v) is 0.188. The first-order valence-corrected chi connectivity index (χ1v) is 3.38. The van der Waals surface area contributed by atoms with E-state index in [1.54, 1.807) is 0 Å². The maximum Gasteiger partial charge on any atom is 0.491 e. The van der Waals surface area contributed by atoms with Crippen LogP contribution in [-0.4, -0.2) is 35.4 Å². The van der Waals surface area contributed by atoms with Crippen molar-refractivity contribution in [1.82, 2.24) is 0 Å². The molecule has 0 aliphatic heterocycles. The summed E-state index contributed by atoms with van der Waals surface area (Å²) in [5, 5.41) is 7.12. The molecule has 0 saturated heterocycles. The van der Waals surface area contributed by atoms with Crippen LogP contribution in [0, 0.1) is 0 Å². The van der Waals surface area contributed by atoms with Crippen molar-refractivity contribution in [2.24, 2.45) is 0 Å². The van der Waals surface area contributed by atoms with Gasteiger partial charge in [-0.25, -0.2) is 9.59 Å². The van der Waals surface area contributed by atoms with Gasteiger partial charge in [-0.3, -0.25) is 4.79 Å². The second kappa shape index (κ2) is 6.06. The maximum absolute atomic E-state index is 11.2. The topological polar surface area (TPSA) is 80.7 Å². The lowest BCUT2D eigenvalue weighted by molar-refractivity contribution is -0.201. The quantitative estimate of drug-likeness (QED) is 0.407. The molecule has 0 aliphatic rings. The van der Waals surface area contributed by atoms with Crippen molar-refractivity contribution in [2.75, 3.05) is 0 Å². The van der Waals surface area contributed by atoms with E-state index in [2.05, 4.69) is 4.74 Å². The SMILES string of the molecule is CC(=O)OC(=O)C(F)(F)F.O=C(O)C(F)(F)F. The van der Waals surface area contributed by atoms with Crippen LogP contribution in [0.15, 0.2) is 0 Å². The number of carbonyl (C=O) groups is 3. The number of carboxylic acids is 1. The molecule has 100 valence electrons. The average Bonchev–Trinajstić information content (AvgIpc) is 1.99. The van der Waals surface area contributed by atoms with Gasteiger partial charge in [0.2, 0.25) is 0 Å². The van der Waals surface area contributed by atoms with E-state index in [4.69, 9.17) is 9.90 Å². The van der Waals surface area contributed by atoms with Gasteiger partial charge >= 0.3 is 30.3 Å². The Kier molecular flexibility index (Phi) is 6.26. The van der Waals surface area contributed by atoms with Gasteiger partial charge in [0.1, 0.15) is 0 Å². The summed E-state index contributed by atoms with van der Waals surface area (Å²) in [6.45, 7) is 0.712. The number of ether oxygens (including phenoxy) is 1. The normalized spacial score (nSPS) is 11.0. The molecule has 0 aliphatic carbocycles. The molecule has 0 heterocycles. The van der Waals surface area contributed by atoms with Gasteiger partial charge in [0, 0.05) is 6.92 Å². The van der Waals surface area contributed by atoms with Gasteiger partial charge in [0.05, 0.1) is 0 Å². The molecular weight excluding hydrogens is 266 g/mol. The molecule has 11 heteroatoms. The number of esters is 2. The minimum absolute atomic E-state index is 0.712. The number of carbonyl (C=O) groups excluding carboxylic acids is 2. The fourth-order valence-electron chi connectivity index (χ4n) is 0.188. The molecule has 0 aromatic heterocycles. The summed E-state index contributed by atoms with van der Waals surface area (Å²) in [4.78, 5) is 28.4. The molecule has 0 radical (unpaired) electrons. The summed E-state index contributed by atoms with van der Waals surface area (Å²) in [5.41, 5.74) is 0. The Morgan fingerprint density at radius 1 is 0.941 bits per heavy atom. The Labute approximate surface area is 89.0 Å². The van der Waals surface area contributed by atoms with Gasteiger partial charge in [-0.2, -0.15) is 26.3 Å². The molecule has 5 nitrogen and oxygen atoms in total. The Morgan fingerprint density at radius 3 is 1.29 bits per heavy atom. The Bertz CT molecular complexity index is 303. The average molecular weight is 270 g/mol. The van der Waals surface area contributed by atoms with E-state index >= 15 is 0 Å². The fraction of sp³-hybridized carbons (Fsp3) is 0.500. The van der Waals surface area contributed by atoms with Crippen LogP contribution in [0.4, 0.5) is 26.3 Å². The summed E-state index contributed by atoms with van der Waals surface area (Å²) >= 11 is 0. The molecule has 17 heavy (non-hydrogen) atoms. The van der Waals surface area contributed by atoms with E-state index in [-0.39, 0.29) is 0 Å². The summed E-state index contributed by atoms with van der Waals surface area (Å²) < 4.78 is 68.5. The molecular formula is C6H4F6O5. The maximum atomic E-state index is 11.2. The number of aliphatic carboxylic acids is 1. The number of hydrogen-bond donors (Lipinski definition) is 1. The van der Waals surface area contributed by atoms with Crippen molar-refractivity contribution in [3.05, 3.63) is 0 Å². The van der Waals surface area contributed by atoms with Crippen LogP contribution < -0.4 is 0 Å². The third-order valence-electron chi connectivity index (χ3n) is 0.710. The lowest BCUT2D eigenvalue weighted by Crippen LogP contribution is -2.26. The third-order valence-corrected chi connectivity index (χ3v) is 0.710. The van der Waals surface area contributed by atoms with Gasteiger partial charge in [-0.1, -0.05) is 0 Å². The zero-order chi connectivity index (χ0) is 14.4. The van der Waals surface area contributed by atoms with Crippen LogP contribution in [0.2, 0.25) is 0 Å². The van der Waals surface area contributed by atoms with Crippen LogP contribution in [0.1, 0.15) is 6.92 Å². The van der Waals surface area contributed by atoms with Gasteiger partial charge < -0.3 is 9.84 Å². The molecule has 0 aromatic carbocycles. The number of alkyl halides is 6. The highest BCUT2D eigenvalue weighted by Crippen LogP contribution is 2.16. The second-order valence-electron chi connectivity index (χ2n) is 2.18. The van der Waals surface area contributed by atoms with Crippen LogP contribution in [0.3, 0.4) is 0 Å². The third kappa shape index (κ3) is 10.5. The molecule has 0 aromatic rings. The summed E-state index contributed by atoms with van der Waals surface area (Å²) in [6.07, 6.45) is -10.2. The monoisotopic (exact) mass is 270 g/mol. The predicted octanol–water partition coefficient (Wildman–Crippen LogP) is 1.27. The number of halogens is 6. The summed E-state index contributed by atoms with van der Waals surface area (Å²) in [7, 11) is 0. The van der Waals surface area contributed by atoms with Crippen molar-refractivity contribution in [3.8, 4) is 0 Å². The molecule has 0 spiro atoms. The van der Waals surface area contributed by atoms with Crippen LogP contribution in [0.5, 0.6) is 0 Å². The van der Waals surface area contributed by atoms with Crippen molar-refractivity contribution in [3.63, 3.8) is 0 Å². The van der Waals surface area contributed by atoms with Crippen LogP contribution >= 0.6 is 0 Å². The Hall–Kier alpha value is -1.81. The van der Waals surface area contributed by atoms with E-state index in [1.165, 1.54) is 0 Å². The van der Waals surface area contributed by atoms with Gasteiger partial charge in [0.15, 0.2) is 0 Å². The van der Waals surface area contributed by atoms with Crippen molar-refractivity contribution >= 4 is 17.9 Å². The highest BCUT2D eigenvalue weighted by Gasteiger charge is 2.41. The van der Waals surface area contributed by atoms with E-state index in [9.17, 15) is 35.9 Å². The molecule has 0 unspecified atom stereocenters. The zero-order valence-corrected chi connectivity index (χ0v) is 7.85. The smallest absolute Gasteiger partial charge is 0.475 e. The first-order chi connectivity index (χ1) is 7.28. The highest BCUT2D eigenvalue weighted by atomic mass is 19.4. The van der Waals surface area contributed by atoms with Crippen molar-refractivity contribution in [1.29, 1.82) is 0 Å². The highest BCUT2D eigenvalue weighted by molar-refractivity contribution is 5.87. The molecule has 0 rings (SSSR count). The second-order valence-corrected chi connectivity index (χ2v) is 2.18. The van der Waals surface area contributed by atoms with E-state index < -0.39 is 30.3 Å². The molecule has 0 amide bonds. The number of hydrogen-bond acceptors (Lipinski definition) is 4. The van der Waals surface area contributed by atoms with Gasteiger partial charge in [-0.15, -0.1) is 0 Å². The largest absolute Gasteiger partial charge is 0.491 e. The van der Waals surface area contributed by atoms with E-state index in [0.29, 0.717) is 6.92 Å². The summed E-state index contributed by atoms with van der Waals surface area (Å²) in [5.74, 6) is -6.52. The van der Waals surface area contributed by atoms with Gasteiger partial charge in [-0.05, 0) is 0 Å². The molecule has 0 fully saturated rings. The first kappa shape index (κ1) is 17.6. The lowest BCUT2D eigenvalue weighted by atomic mass is 10.6. The van der Waals surface area contributed by atoms with Crippen molar-refractivity contribution < 1.29 is 50.6 Å². The molecule has 0 bridgehead atoms. The van der Waals surface area contributed by atoms with Crippen molar-refractivity contribution in [2.45, 2.75) is 19.3 Å². The van der Waals surface area contributed by atoms with E-state index in [0.717, 1.165) is 0 Å².